The first-order chi connectivity index (χ1) is 13.9. The Labute approximate surface area is 171 Å². The minimum absolute atomic E-state index is 0.0780. The van der Waals surface area contributed by atoms with Crippen molar-refractivity contribution in [3.05, 3.63) is 51.8 Å². The number of hydrogen-bond acceptors (Lipinski definition) is 4. The maximum Gasteiger partial charge on any atom is 0.328 e. The van der Waals surface area contributed by atoms with Gasteiger partial charge in [0.2, 0.25) is 0 Å². The van der Waals surface area contributed by atoms with E-state index in [9.17, 15) is 9.18 Å². The highest BCUT2D eigenvalue weighted by molar-refractivity contribution is 6.01. The Hall–Kier alpha value is -2.72. The van der Waals surface area contributed by atoms with Crippen LogP contribution in [0.3, 0.4) is 0 Å². The van der Waals surface area contributed by atoms with Crippen molar-refractivity contribution in [2.45, 2.75) is 45.4 Å². The van der Waals surface area contributed by atoms with Gasteiger partial charge in [-0.25, -0.2) is 9.38 Å². The summed E-state index contributed by atoms with van der Waals surface area (Å²) in [5, 5.41) is 2.91. The van der Waals surface area contributed by atoms with Gasteiger partial charge in [-0.3, -0.25) is 4.79 Å². The lowest BCUT2D eigenvalue weighted by atomic mass is 9.97. The molecule has 7 heteroatoms. The summed E-state index contributed by atoms with van der Waals surface area (Å²) >= 11 is 0. The fraction of sp³-hybridized carbons (Fsp3) is 0.500. The molecule has 1 saturated heterocycles. The number of methoxy groups -OCH3 is 1. The SMILES string of the molecule is C#[N+]C1CCC(OC)CN2CC(C(C)C)=C(C(=O)NCc3ccc(F)cc3)N=C12. The third-order valence-corrected chi connectivity index (χ3v) is 5.49. The number of halogens is 1. The Morgan fingerprint density at radius 3 is 2.72 bits per heavy atom. The molecule has 0 bridgehead atoms. The number of amidine groups is 1. The van der Waals surface area contributed by atoms with E-state index in [-0.39, 0.29) is 29.8 Å². The third kappa shape index (κ3) is 4.83. The van der Waals surface area contributed by atoms with Gasteiger partial charge in [0.15, 0.2) is 5.84 Å². The van der Waals surface area contributed by atoms with E-state index in [0.29, 0.717) is 25.3 Å². The van der Waals surface area contributed by atoms with Gasteiger partial charge < -0.3 is 15.0 Å². The van der Waals surface area contributed by atoms with Crippen LogP contribution in [0.1, 0.15) is 32.3 Å². The van der Waals surface area contributed by atoms with Gasteiger partial charge in [0.25, 0.3) is 12.5 Å². The first-order valence-electron chi connectivity index (χ1n) is 9.95. The molecule has 2 heterocycles. The van der Waals surface area contributed by atoms with Crippen molar-refractivity contribution in [1.29, 1.82) is 0 Å². The van der Waals surface area contributed by atoms with Crippen molar-refractivity contribution in [2.24, 2.45) is 10.9 Å². The zero-order valence-electron chi connectivity index (χ0n) is 17.2. The second-order valence-corrected chi connectivity index (χ2v) is 7.79. The fourth-order valence-corrected chi connectivity index (χ4v) is 3.73. The van der Waals surface area contributed by atoms with Crippen LogP contribution in [-0.4, -0.2) is 49.0 Å². The molecule has 0 saturated carbocycles. The number of rotatable bonds is 5. The van der Waals surface area contributed by atoms with Crippen LogP contribution in [0.25, 0.3) is 4.85 Å². The molecule has 2 aliphatic rings. The number of carbonyl (C=O) groups excluding carboxylic acids is 1. The van der Waals surface area contributed by atoms with Crippen molar-refractivity contribution in [3.8, 4) is 6.57 Å². The molecule has 2 aliphatic heterocycles. The average molecular weight is 399 g/mol. The molecule has 0 radical (unpaired) electrons. The number of aliphatic imine (C=N–C) groups is 1. The summed E-state index contributed by atoms with van der Waals surface area (Å²) in [4.78, 5) is 23.9. The standard InChI is InChI=1S/C22H27FN4O2/c1-14(2)18-13-27-12-17(29-4)9-10-19(24-3)21(27)26-20(18)22(28)25-11-15-5-7-16(23)8-6-15/h3,5-8,14,17,19H,9-13H2,1-2,4H3/p+1. The molecule has 29 heavy (non-hydrogen) atoms. The minimum Gasteiger partial charge on any atom is -0.380 e. The quantitative estimate of drug-likeness (QED) is 0.827. The van der Waals surface area contributed by atoms with E-state index < -0.39 is 0 Å². The van der Waals surface area contributed by atoms with Gasteiger partial charge in [-0.2, -0.15) is 0 Å². The second kappa shape index (κ2) is 9.19. The zero-order chi connectivity index (χ0) is 21.0. The molecule has 6 nitrogen and oxygen atoms in total. The first kappa shape index (κ1) is 21.0. The molecule has 0 spiro atoms. The van der Waals surface area contributed by atoms with Crippen LogP contribution >= 0.6 is 0 Å². The minimum atomic E-state index is -0.303. The maximum atomic E-state index is 13.1. The first-order valence-corrected chi connectivity index (χ1v) is 9.95. The van der Waals surface area contributed by atoms with Crippen LogP contribution in [0.5, 0.6) is 0 Å². The van der Waals surface area contributed by atoms with Crippen LogP contribution in [0.15, 0.2) is 40.5 Å². The van der Waals surface area contributed by atoms with E-state index >= 15 is 0 Å². The summed E-state index contributed by atoms with van der Waals surface area (Å²) in [6, 6.07) is 5.81. The maximum absolute atomic E-state index is 13.1. The molecule has 2 atom stereocenters. The molecule has 0 aromatic heterocycles. The number of amides is 1. The van der Waals surface area contributed by atoms with E-state index in [2.05, 4.69) is 28.9 Å². The Kier molecular flexibility index (Phi) is 6.65. The predicted molar refractivity (Wildman–Crippen MR) is 111 cm³/mol. The Bertz CT molecular complexity index is 855. The van der Waals surface area contributed by atoms with Crippen LogP contribution in [0.4, 0.5) is 4.39 Å². The average Bonchev–Trinajstić information content (AvgIpc) is 2.90. The molecule has 1 amide bonds. The third-order valence-electron chi connectivity index (χ3n) is 5.49. The van der Waals surface area contributed by atoms with Crippen molar-refractivity contribution in [3.63, 3.8) is 0 Å². The van der Waals surface area contributed by atoms with Gasteiger partial charge in [0.1, 0.15) is 11.5 Å². The summed E-state index contributed by atoms with van der Waals surface area (Å²) in [7, 11) is 1.71. The number of fused-ring (bicyclic) bond motifs is 1. The molecule has 3 rings (SSSR count). The number of nitrogens with zero attached hydrogens (tertiary/aromatic N) is 3. The molecule has 154 valence electrons. The van der Waals surface area contributed by atoms with E-state index in [1.54, 1.807) is 19.2 Å². The van der Waals surface area contributed by atoms with E-state index in [0.717, 1.165) is 29.8 Å². The molecular formula is C22H28FN4O2+. The topological polar surface area (TPSA) is 58.3 Å². The summed E-state index contributed by atoms with van der Waals surface area (Å²) in [5.74, 6) is 0.337. The van der Waals surface area contributed by atoms with Crippen molar-refractivity contribution in [2.75, 3.05) is 20.2 Å². The van der Waals surface area contributed by atoms with E-state index in [1.165, 1.54) is 12.1 Å². The normalized spacial score (nSPS) is 21.9. The highest BCUT2D eigenvalue weighted by Gasteiger charge is 2.39. The molecular weight excluding hydrogens is 371 g/mol. The van der Waals surface area contributed by atoms with Gasteiger partial charge in [-0.05, 0) is 35.6 Å². The number of nitrogens with one attached hydrogen (secondary N) is 1. The highest BCUT2D eigenvalue weighted by atomic mass is 19.1. The summed E-state index contributed by atoms with van der Waals surface area (Å²) < 4.78 is 18.7. The Morgan fingerprint density at radius 2 is 2.10 bits per heavy atom. The number of ether oxygens (including phenoxy) is 1. The zero-order valence-corrected chi connectivity index (χ0v) is 17.2. The second-order valence-electron chi connectivity index (χ2n) is 7.79. The van der Waals surface area contributed by atoms with Crippen LogP contribution in [0, 0.1) is 18.3 Å². The molecule has 2 unspecified atom stereocenters. The monoisotopic (exact) mass is 399 g/mol. The fourth-order valence-electron chi connectivity index (χ4n) is 3.73. The van der Waals surface area contributed by atoms with Gasteiger partial charge in [0.05, 0.1) is 6.10 Å². The molecule has 1 N–H and O–H groups in total. The summed E-state index contributed by atoms with van der Waals surface area (Å²) in [6.45, 7) is 11.4. The van der Waals surface area contributed by atoms with Crippen LogP contribution in [-0.2, 0) is 16.1 Å². The largest absolute Gasteiger partial charge is 0.380 e. The van der Waals surface area contributed by atoms with Crippen LogP contribution < -0.4 is 5.32 Å². The lowest BCUT2D eigenvalue weighted by Gasteiger charge is -2.32. The Balaban J connectivity index is 1.85. The smallest absolute Gasteiger partial charge is 0.328 e. The lowest BCUT2D eigenvalue weighted by Crippen LogP contribution is -2.45. The van der Waals surface area contributed by atoms with Gasteiger partial charge >= 0.3 is 6.04 Å². The van der Waals surface area contributed by atoms with Gasteiger partial charge in [0, 0.05) is 33.2 Å². The molecule has 0 aliphatic carbocycles. The predicted octanol–water partition coefficient (Wildman–Crippen LogP) is 3.21. The van der Waals surface area contributed by atoms with Crippen molar-refractivity contribution >= 4 is 11.7 Å². The molecule has 1 fully saturated rings. The summed E-state index contributed by atoms with van der Waals surface area (Å²) in [5.41, 5.74) is 2.22. The molecule has 1 aromatic carbocycles. The van der Waals surface area contributed by atoms with Crippen molar-refractivity contribution in [1.82, 2.24) is 10.2 Å². The summed E-state index contributed by atoms with van der Waals surface area (Å²) in [6.07, 6.45) is 1.64. The van der Waals surface area contributed by atoms with E-state index in [4.69, 9.17) is 16.3 Å². The molecule has 1 aromatic rings. The van der Waals surface area contributed by atoms with E-state index in [1.807, 2.05) is 0 Å². The van der Waals surface area contributed by atoms with Gasteiger partial charge in [-0.1, -0.05) is 30.8 Å². The van der Waals surface area contributed by atoms with Gasteiger partial charge in [-0.15, -0.1) is 0 Å². The number of benzene rings is 1. The number of hydrogen-bond donors (Lipinski definition) is 1. The number of carbonyl (C=O) groups is 1. The Morgan fingerprint density at radius 1 is 1.38 bits per heavy atom. The highest BCUT2D eigenvalue weighted by Crippen LogP contribution is 2.28. The van der Waals surface area contributed by atoms with Crippen LogP contribution in [0.2, 0.25) is 0 Å². The van der Waals surface area contributed by atoms with Crippen molar-refractivity contribution < 1.29 is 13.9 Å². The lowest BCUT2D eigenvalue weighted by molar-refractivity contribution is -0.117.